The van der Waals surface area contributed by atoms with Gasteiger partial charge in [0, 0.05) is 13.2 Å². The van der Waals surface area contributed by atoms with E-state index in [0.717, 1.165) is 12.8 Å². The van der Waals surface area contributed by atoms with Crippen LogP contribution in [0.5, 0.6) is 0 Å². The van der Waals surface area contributed by atoms with Gasteiger partial charge in [-0.25, -0.2) is 0 Å². The highest BCUT2D eigenvalue weighted by Crippen LogP contribution is 2.35. The van der Waals surface area contributed by atoms with Crippen LogP contribution in [0.3, 0.4) is 0 Å². The van der Waals surface area contributed by atoms with Crippen LogP contribution in [0, 0.1) is 0 Å². The molecule has 0 radical (unpaired) electrons. The van der Waals surface area contributed by atoms with E-state index in [1.54, 1.807) is 6.08 Å². The highest BCUT2D eigenvalue weighted by molar-refractivity contribution is 4.96. The van der Waals surface area contributed by atoms with Gasteiger partial charge < -0.3 is 28.4 Å². The summed E-state index contributed by atoms with van der Waals surface area (Å²) in [5.74, 6) is -0.681. The Labute approximate surface area is 259 Å². The van der Waals surface area contributed by atoms with Crippen LogP contribution in [-0.2, 0) is 28.4 Å². The van der Waals surface area contributed by atoms with Crippen molar-refractivity contribution in [3.05, 3.63) is 12.7 Å². The standard InChI is InChI=1S/C36H68O6/c1-6-9-11-13-15-17-19-21-23-25-28-37-33-32-31(30-40-36(4,5)42-32)41-35(39-27-8-3)34(33)38-29-26-24-22-20-18-16-14-12-10-7-2/h8,31-35H,3,6-7,9-30H2,1-2,4-5H3/t31-,32-,33+,34-,35+/m1/s1. The van der Waals surface area contributed by atoms with E-state index in [1.165, 1.54) is 116 Å². The molecule has 6 nitrogen and oxygen atoms in total. The van der Waals surface area contributed by atoms with Crippen LogP contribution in [0.15, 0.2) is 12.7 Å². The first-order valence-electron chi connectivity index (χ1n) is 17.9. The Morgan fingerprint density at radius 2 is 1.10 bits per heavy atom. The van der Waals surface area contributed by atoms with Crippen LogP contribution < -0.4 is 0 Å². The van der Waals surface area contributed by atoms with Crippen molar-refractivity contribution in [3.63, 3.8) is 0 Å². The molecule has 0 aromatic carbocycles. The lowest BCUT2D eigenvalue weighted by Crippen LogP contribution is -2.66. The van der Waals surface area contributed by atoms with Crippen LogP contribution in [-0.4, -0.2) is 62.9 Å². The number of unbranched alkanes of at least 4 members (excludes halogenated alkanes) is 18. The minimum absolute atomic E-state index is 0.247. The van der Waals surface area contributed by atoms with Crippen LogP contribution in [0.4, 0.5) is 0 Å². The molecule has 2 fully saturated rings. The highest BCUT2D eigenvalue weighted by atomic mass is 16.8. The van der Waals surface area contributed by atoms with Crippen LogP contribution in [0.25, 0.3) is 0 Å². The maximum atomic E-state index is 6.60. The minimum atomic E-state index is -0.681. The molecule has 0 unspecified atom stereocenters. The molecule has 0 spiro atoms. The van der Waals surface area contributed by atoms with Crippen molar-refractivity contribution in [2.24, 2.45) is 0 Å². The van der Waals surface area contributed by atoms with Gasteiger partial charge in [-0.2, -0.15) is 0 Å². The number of fused-ring (bicyclic) bond motifs is 1. The minimum Gasteiger partial charge on any atom is -0.372 e. The molecule has 2 rings (SSSR count). The summed E-state index contributed by atoms with van der Waals surface area (Å²) < 4.78 is 37.9. The monoisotopic (exact) mass is 597 g/mol. The number of ether oxygens (including phenoxy) is 6. The molecule has 2 heterocycles. The maximum Gasteiger partial charge on any atom is 0.187 e. The van der Waals surface area contributed by atoms with Gasteiger partial charge in [0.25, 0.3) is 0 Å². The Hall–Kier alpha value is -0.500. The molecule has 2 aliphatic rings. The zero-order chi connectivity index (χ0) is 30.3. The van der Waals surface area contributed by atoms with Gasteiger partial charge in [0.15, 0.2) is 12.1 Å². The number of rotatable bonds is 27. The summed E-state index contributed by atoms with van der Waals surface area (Å²) in [5.41, 5.74) is 0. The summed E-state index contributed by atoms with van der Waals surface area (Å²) >= 11 is 0. The SMILES string of the molecule is C=CCO[C@H]1O[C@@H]2COC(C)(C)O[C@H]2[C@H](OCCCCCCCCCCCC)[C@H]1OCCCCCCCCCCCC. The molecule has 0 bridgehead atoms. The molecule has 2 saturated heterocycles. The summed E-state index contributed by atoms with van der Waals surface area (Å²) in [7, 11) is 0. The molecule has 0 saturated carbocycles. The van der Waals surface area contributed by atoms with Crippen LogP contribution >= 0.6 is 0 Å². The average Bonchev–Trinajstić information content (AvgIpc) is 2.98. The topological polar surface area (TPSA) is 55.4 Å². The molecular weight excluding hydrogens is 528 g/mol. The molecule has 6 heteroatoms. The molecule has 2 aliphatic heterocycles. The lowest BCUT2D eigenvalue weighted by molar-refractivity contribution is -0.388. The van der Waals surface area contributed by atoms with Gasteiger partial charge in [-0.3, -0.25) is 0 Å². The summed E-state index contributed by atoms with van der Waals surface area (Å²) in [6.07, 6.45) is 26.2. The third kappa shape index (κ3) is 16.0. The smallest absolute Gasteiger partial charge is 0.187 e. The van der Waals surface area contributed by atoms with Crippen molar-refractivity contribution in [1.82, 2.24) is 0 Å². The molecule has 0 aromatic rings. The van der Waals surface area contributed by atoms with Gasteiger partial charge in [-0.1, -0.05) is 135 Å². The number of hydrogen-bond acceptors (Lipinski definition) is 6. The Kier molecular flexibility index (Phi) is 21.4. The first-order chi connectivity index (χ1) is 20.5. The first-order valence-corrected chi connectivity index (χ1v) is 17.9. The van der Waals surface area contributed by atoms with Crippen molar-refractivity contribution >= 4 is 0 Å². The summed E-state index contributed by atoms with van der Waals surface area (Å²) in [5, 5.41) is 0. The lowest BCUT2D eigenvalue weighted by atomic mass is 9.96. The fourth-order valence-electron chi connectivity index (χ4n) is 6.08. The fourth-order valence-corrected chi connectivity index (χ4v) is 6.08. The molecule has 0 aromatic heterocycles. The largest absolute Gasteiger partial charge is 0.372 e. The third-order valence-electron chi connectivity index (χ3n) is 8.60. The van der Waals surface area contributed by atoms with Gasteiger partial charge in [0.05, 0.1) is 13.2 Å². The summed E-state index contributed by atoms with van der Waals surface area (Å²) in [6, 6.07) is 0. The van der Waals surface area contributed by atoms with Gasteiger partial charge in [-0.15, -0.1) is 6.58 Å². The van der Waals surface area contributed by atoms with Crippen molar-refractivity contribution in [2.45, 2.75) is 193 Å². The predicted octanol–water partition coefficient (Wildman–Crippen LogP) is 9.68. The Morgan fingerprint density at radius 3 is 1.57 bits per heavy atom. The second kappa shape index (κ2) is 23.8. The molecule has 248 valence electrons. The van der Waals surface area contributed by atoms with Gasteiger partial charge in [-0.05, 0) is 26.7 Å². The number of hydrogen-bond donors (Lipinski definition) is 0. The first kappa shape index (κ1) is 37.7. The summed E-state index contributed by atoms with van der Waals surface area (Å²) in [4.78, 5) is 0. The van der Waals surface area contributed by atoms with E-state index in [9.17, 15) is 0 Å². The zero-order valence-electron chi connectivity index (χ0n) is 28.1. The van der Waals surface area contributed by atoms with E-state index in [2.05, 4.69) is 20.4 Å². The summed E-state index contributed by atoms with van der Waals surface area (Å²) in [6.45, 7) is 14.5. The zero-order valence-corrected chi connectivity index (χ0v) is 28.1. The Morgan fingerprint density at radius 1 is 0.643 bits per heavy atom. The average molecular weight is 597 g/mol. The highest BCUT2D eigenvalue weighted by Gasteiger charge is 2.52. The van der Waals surface area contributed by atoms with Gasteiger partial charge >= 0.3 is 0 Å². The van der Waals surface area contributed by atoms with Crippen LogP contribution in [0.2, 0.25) is 0 Å². The Bertz CT molecular complexity index is 640. The van der Waals surface area contributed by atoms with E-state index < -0.39 is 12.1 Å². The second-order valence-electron chi connectivity index (χ2n) is 13.0. The van der Waals surface area contributed by atoms with E-state index in [1.807, 2.05) is 13.8 Å². The molecule has 0 amide bonds. The van der Waals surface area contributed by atoms with Crippen molar-refractivity contribution in [3.8, 4) is 0 Å². The van der Waals surface area contributed by atoms with E-state index >= 15 is 0 Å². The van der Waals surface area contributed by atoms with Crippen molar-refractivity contribution in [1.29, 1.82) is 0 Å². The van der Waals surface area contributed by atoms with Gasteiger partial charge in [0.2, 0.25) is 0 Å². The predicted molar refractivity (Wildman–Crippen MR) is 173 cm³/mol. The molecule has 0 N–H and O–H groups in total. The van der Waals surface area contributed by atoms with E-state index in [4.69, 9.17) is 28.4 Å². The van der Waals surface area contributed by atoms with Gasteiger partial charge in [0.1, 0.15) is 24.4 Å². The maximum absolute atomic E-state index is 6.60. The van der Waals surface area contributed by atoms with Crippen molar-refractivity contribution in [2.75, 3.05) is 26.4 Å². The lowest BCUT2D eigenvalue weighted by Gasteiger charge is -2.50. The van der Waals surface area contributed by atoms with E-state index in [-0.39, 0.29) is 24.4 Å². The van der Waals surface area contributed by atoms with Crippen molar-refractivity contribution < 1.29 is 28.4 Å². The van der Waals surface area contributed by atoms with Crippen LogP contribution in [0.1, 0.15) is 156 Å². The second-order valence-corrected chi connectivity index (χ2v) is 13.0. The quantitative estimate of drug-likeness (QED) is 0.0695. The molecule has 5 atom stereocenters. The molecule has 42 heavy (non-hydrogen) atoms. The van der Waals surface area contributed by atoms with E-state index in [0.29, 0.717) is 26.4 Å². The third-order valence-corrected chi connectivity index (χ3v) is 8.60. The molecular formula is C36H68O6. The Balaban J connectivity index is 1.82. The molecule has 0 aliphatic carbocycles. The fraction of sp³-hybridized carbons (Fsp3) is 0.944. The normalized spacial score (nSPS) is 25.4.